The van der Waals surface area contributed by atoms with Gasteiger partial charge in [-0.1, -0.05) is 24.3 Å². The molecule has 0 fully saturated rings. The van der Waals surface area contributed by atoms with Crippen molar-refractivity contribution in [3.8, 4) is 0 Å². The summed E-state index contributed by atoms with van der Waals surface area (Å²) in [7, 11) is 0. The van der Waals surface area contributed by atoms with E-state index in [1.165, 1.54) is 0 Å². The number of benzene rings is 1. The lowest BCUT2D eigenvalue weighted by Gasteiger charge is -2.18. The Labute approximate surface area is 143 Å². The van der Waals surface area contributed by atoms with E-state index in [2.05, 4.69) is 28.1 Å². The molecule has 5 nitrogen and oxygen atoms in total. The van der Waals surface area contributed by atoms with Crippen LogP contribution in [0.2, 0.25) is 0 Å². The van der Waals surface area contributed by atoms with E-state index in [0.717, 1.165) is 30.5 Å². The summed E-state index contributed by atoms with van der Waals surface area (Å²) in [6.07, 6.45) is 7.98. The molecule has 0 aliphatic heterocycles. The molecule has 24 heavy (non-hydrogen) atoms. The first kappa shape index (κ1) is 18.0. The monoisotopic (exact) mass is 329 g/mol. The molecular formula is C19H27N3O2. The summed E-state index contributed by atoms with van der Waals surface area (Å²) < 4.78 is 0. The van der Waals surface area contributed by atoms with Gasteiger partial charge in [-0.2, -0.15) is 0 Å². The van der Waals surface area contributed by atoms with Crippen molar-refractivity contribution < 1.29 is 9.59 Å². The van der Waals surface area contributed by atoms with Gasteiger partial charge in [0, 0.05) is 18.3 Å². The molecule has 0 radical (unpaired) electrons. The summed E-state index contributed by atoms with van der Waals surface area (Å²) in [5.41, 5.74) is 1.65. The predicted octanol–water partition coefficient (Wildman–Crippen LogP) is 3.23. The predicted molar refractivity (Wildman–Crippen MR) is 96.9 cm³/mol. The minimum Gasteiger partial charge on any atom is -0.354 e. The lowest BCUT2D eigenvalue weighted by Crippen LogP contribution is -2.33. The van der Waals surface area contributed by atoms with Gasteiger partial charge in [-0.3, -0.25) is 4.79 Å². The van der Waals surface area contributed by atoms with E-state index >= 15 is 0 Å². The maximum atomic E-state index is 11.9. The molecule has 2 rings (SSSR count). The molecule has 0 saturated heterocycles. The van der Waals surface area contributed by atoms with Crippen LogP contribution in [0.5, 0.6) is 0 Å². The number of hydrogen-bond acceptors (Lipinski definition) is 2. The van der Waals surface area contributed by atoms with Crippen molar-refractivity contribution >= 4 is 17.6 Å². The van der Waals surface area contributed by atoms with Crippen LogP contribution in [-0.2, 0) is 11.2 Å². The molecule has 1 atom stereocenters. The average Bonchev–Trinajstić information content (AvgIpc) is 2.55. The highest BCUT2D eigenvalue weighted by Crippen LogP contribution is 2.17. The van der Waals surface area contributed by atoms with Crippen LogP contribution < -0.4 is 16.0 Å². The zero-order valence-corrected chi connectivity index (χ0v) is 14.5. The molecule has 0 bridgehead atoms. The van der Waals surface area contributed by atoms with Crippen LogP contribution in [0.25, 0.3) is 0 Å². The van der Waals surface area contributed by atoms with Crippen LogP contribution in [0.1, 0.15) is 38.7 Å². The van der Waals surface area contributed by atoms with Gasteiger partial charge in [-0.25, -0.2) is 4.79 Å². The molecule has 5 heteroatoms. The van der Waals surface area contributed by atoms with Gasteiger partial charge in [0.2, 0.25) is 5.91 Å². The number of hydrogen-bond donors (Lipinski definition) is 3. The second kappa shape index (κ2) is 9.11. The number of rotatable bonds is 6. The van der Waals surface area contributed by atoms with Crippen molar-refractivity contribution in [2.24, 2.45) is 5.92 Å². The maximum absolute atomic E-state index is 11.9. The van der Waals surface area contributed by atoms with E-state index in [1.807, 2.05) is 38.1 Å². The van der Waals surface area contributed by atoms with Crippen LogP contribution in [0.3, 0.4) is 0 Å². The Kier molecular flexibility index (Phi) is 6.85. The zero-order chi connectivity index (χ0) is 17.4. The van der Waals surface area contributed by atoms with Crippen LogP contribution in [-0.4, -0.2) is 24.5 Å². The van der Waals surface area contributed by atoms with Crippen LogP contribution >= 0.6 is 0 Å². The molecule has 1 aromatic carbocycles. The van der Waals surface area contributed by atoms with E-state index in [1.54, 1.807) is 0 Å². The summed E-state index contributed by atoms with van der Waals surface area (Å²) in [5.74, 6) is 0.535. The molecule has 3 N–H and O–H groups in total. The number of anilines is 1. The highest BCUT2D eigenvalue weighted by atomic mass is 16.2. The first-order chi connectivity index (χ1) is 11.5. The molecule has 0 saturated carbocycles. The number of nitrogens with one attached hydrogen (secondary N) is 3. The third-order valence-corrected chi connectivity index (χ3v) is 3.96. The molecule has 130 valence electrons. The Morgan fingerprint density at radius 1 is 1.17 bits per heavy atom. The fourth-order valence-corrected chi connectivity index (χ4v) is 2.72. The number of carbonyl (C=O) groups is 2. The SMILES string of the molecule is CC(C)NC(=O)Cc1ccc(NC(=O)NC[C@H]2CC=CCC2)cc1. The first-order valence-corrected chi connectivity index (χ1v) is 8.61. The van der Waals surface area contributed by atoms with Crippen LogP contribution in [0, 0.1) is 5.92 Å². The Morgan fingerprint density at radius 2 is 1.92 bits per heavy atom. The maximum Gasteiger partial charge on any atom is 0.319 e. The quantitative estimate of drug-likeness (QED) is 0.701. The summed E-state index contributed by atoms with van der Waals surface area (Å²) in [6.45, 7) is 4.57. The van der Waals surface area contributed by atoms with Gasteiger partial charge in [-0.05, 0) is 56.7 Å². The van der Waals surface area contributed by atoms with E-state index < -0.39 is 0 Å². The minimum atomic E-state index is -0.185. The Morgan fingerprint density at radius 3 is 2.54 bits per heavy atom. The number of urea groups is 1. The van der Waals surface area contributed by atoms with Gasteiger partial charge >= 0.3 is 6.03 Å². The number of carbonyl (C=O) groups excluding carboxylic acids is 2. The third-order valence-electron chi connectivity index (χ3n) is 3.96. The highest BCUT2D eigenvalue weighted by Gasteiger charge is 2.11. The van der Waals surface area contributed by atoms with Crippen molar-refractivity contribution in [3.63, 3.8) is 0 Å². The second-order valence-electron chi connectivity index (χ2n) is 6.58. The largest absolute Gasteiger partial charge is 0.354 e. The van der Waals surface area contributed by atoms with Crippen LogP contribution in [0.4, 0.5) is 10.5 Å². The zero-order valence-electron chi connectivity index (χ0n) is 14.5. The van der Waals surface area contributed by atoms with Gasteiger partial charge in [0.25, 0.3) is 0 Å². The van der Waals surface area contributed by atoms with Crippen molar-refractivity contribution in [1.82, 2.24) is 10.6 Å². The molecule has 3 amide bonds. The molecule has 1 aliphatic rings. The average molecular weight is 329 g/mol. The van der Waals surface area contributed by atoms with Crippen molar-refractivity contribution in [1.29, 1.82) is 0 Å². The normalized spacial score (nSPS) is 16.7. The van der Waals surface area contributed by atoms with E-state index in [0.29, 0.717) is 18.9 Å². The van der Waals surface area contributed by atoms with E-state index in [4.69, 9.17) is 0 Å². The molecule has 0 heterocycles. The topological polar surface area (TPSA) is 70.2 Å². The smallest absolute Gasteiger partial charge is 0.319 e. The Bertz CT molecular complexity index is 579. The molecule has 0 aromatic heterocycles. The third kappa shape index (κ3) is 6.44. The standard InChI is InChI=1S/C19H27N3O2/c1-14(2)21-18(23)12-15-8-10-17(11-9-15)22-19(24)20-13-16-6-4-3-5-7-16/h3-4,8-11,14,16H,5-7,12-13H2,1-2H3,(H,21,23)(H2,20,22,24)/t16-/m0/s1. The summed E-state index contributed by atoms with van der Waals surface area (Å²) >= 11 is 0. The van der Waals surface area contributed by atoms with E-state index in [9.17, 15) is 9.59 Å². The van der Waals surface area contributed by atoms with Gasteiger partial charge in [0.05, 0.1) is 6.42 Å². The lowest BCUT2D eigenvalue weighted by molar-refractivity contribution is -0.120. The van der Waals surface area contributed by atoms with E-state index in [-0.39, 0.29) is 18.0 Å². The van der Waals surface area contributed by atoms with Crippen molar-refractivity contribution in [2.45, 2.75) is 45.6 Å². The van der Waals surface area contributed by atoms with Crippen LogP contribution in [0.15, 0.2) is 36.4 Å². The highest BCUT2D eigenvalue weighted by molar-refractivity contribution is 5.89. The lowest BCUT2D eigenvalue weighted by atomic mass is 9.94. The summed E-state index contributed by atoms with van der Waals surface area (Å²) in [4.78, 5) is 23.7. The minimum absolute atomic E-state index is 0.00461. The first-order valence-electron chi connectivity index (χ1n) is 8.61. The van der Waals surface area contributed by atoms with Gasteiger partial charge < -0.3 is 16.0 Å². The molecule has 0 spiro atoms. The fourth-order valence-electron chi connectivity index (χ4n) is 2.72. The van der Waals surface area contributed by atoms with Gasteiger partial charge in [0.15, 0.2) is 0 Å². The molecule has 0 unspecified atom stereocenters. The molecule has 1 aromatic rings. The summed E-state index contributed by atoms with van der Waals surface area (Å²) in [6, 6.07) is 7.32. The van der Waals surface area contributed by atoms with Gasteiger partial charge in [-0.15, -0.1) is 0 Å². The molecule has 1 aliphatic carbocycles. The molecular weight excluding hydrogens is 302 g/mol. The second-order valence-corrected chi connectivity index (χ2v) is 6.58. The fraction of sp³-hybridized carbons (Fsp3) is 0.474. The number of amides is 3. The summed E-state index contributed by atoms with van der Waals surface area (Å²) in [5, 5.41) is 8.61. The Balaban J connectivity index is 1.75. The van der Waals surface area contributed by atoms with Crippen molar-refractivity contribution in [3.05, 3.63) is 42.0 Å². The van der Waals surface area contributed by atoms with Crippen molar-refractivity contribution in [2.75, 3.05) is 11.9 Å². The Hall–Kier alpha value is -2.30. The van der Waals surface area contributed by atoms with Gasteiger partial charge in [0.1, 0.15) is 0 Å². The number of allylic oxidation sites excluding steroid dienone is 2.